The number of carbonyl (C=O) groups is 1. The van der Waals surface area contributed by atoms with E-state index >= 15 is 0 Å². The summed E-state index contributed by atoms with van der Waals surface area (Å²) in [4.78, 5) is 16.6. The van der Waals surface area contributed by atoms with Gasteiger partial charge in [0.25, 0.3) is 5.91 Å². The van der Waals surface area contributed by atoms with Crippen LogP contribution in [0.4, 0.5) is 14.5 Å². The van der Waals surface area contributed by atoms with E-state index in [1.807, 2.05) is 19.1 Å². The topological polar surface area (TPSA) is 64.9 Å². The van der Waals surface area contributed by atoms with Crippen molar-refractivity contribution < 1.29 is 23.0 Å². The molecule has 0 bridgehead atoms. The predicted octanol–water partition coefficient (Wildman–Crippen LogP) is 3.22. The molecule has 0 unspecified atom stereocenters. The fourth-order valence-electron chi connectivity index (χ4n) is 2.48. The molecule has 0 radical (unpaired) electrons. The van der Waals surface area contributed by atoms with Crippen molar-refractivity contribution in [2.75, 3.05) is 5.32 Å². The number of anilines is 1. The number of imidazole rings is 1. The maximum Gasteiger partial charge on any atom is 0.586 e. The fourth-order valence-corrected chi connectivity index (χ4v) is 2.48. The van der Waals surface area contributed by atoms with E-state index in [-0.39, 0.29) is 17.2 Å². The van der Waals surface area contributed by atoms with E-state index < -0.39 is 12.2 Å². The average molecular weight is 331 g/mol. The normalized spacial score (nSPS) is 14.8. The summed E-state index contributed by atoms with van der Waals surface area (Å²) >= 11 is 0. The lowest BCUT2D eigenvalue weighted by Gasteiger charge is -2.04. The van der Waals surface area contributed by atoms with Crippen LogP contribution in [0.5, 0.6) is 11.5 Å². The van der Waals surface area contributed by atoms with Crippen molar-refractivity contribution >= 4 is 17.2 Å². The highest BCUT2D eigenvalue weighted by atomic mass is 19.3. The quantitative estimate of drug-likeness (QED) is 0.783. The third-order valence-electron chi connectivity index (χ3n) is 3.59. The first-order valence-corrected chi connectivity index (χ1v) is 7.07. The second kappa shape index (κ2) is 4.92. The maximum atomic E-state index is 13.0. The van der Waals surface area contributed by atoms with Crippen LogP contribution in [0.1, 0.15) is 16.2 Å². The first kappa shape index (κ1) is 14.4. The summed E-state index contributed by atoms with van der Waals surface area (Å²) in [6.45, 7) is 1.90. The molecule has 0 saturated carbocycles. The van der Waals surface area contributed by atoms with Gasteiger partial charge in [-0.2, -0.15) is 0 Å². The van der Waals surface area contributed by atoms with Crippen LogP contribution in [0.15, 0.2) is 42.6 Å². The number of alkyl halides is 2. The van der Waals surface area contributed by atoms with Crippen LogP contribution in [-0.2, 0) is 0 Å². The van der Waals surface area contributed by atoms with Gasteiger partial charge in [0.15, 0.2) is 11.5 Å². The van der Waals surface area contributed by atoms with Gasteiger partial charge in [0.05, 0.1) is 0 Å². The Hall–Kier alpha value is -3.16. The van der Waals surface area contributed by atoms with Crippen LogP contribution in [0.25, 0.3) is 5.65 Å². The van der Waals surface area contributed by atoms with E-state index in [4.69, 9.17) is 0 Å². The first-order chi connectivity index (χ1) is 11.4. The minimum Gasteiger partial charge on any atom is -0.395 e. The number of amides is 1. The van der Waals surface area contributed by atoms with Gasteiger partial charge in [-0.25, -0.2) is 4.98 Å². The van der Waals surface area contributed by atoms with Crippen LogP contribution < -0.4 is 14.8 Å². The molecule has 0 atom stereocenters. The molecule has 0 spiro atoms. The SMILES string of the molecule is Cc1cccc2nc(C(=O)Nc3ccc4c(c3)OC(F)(F)O4)cn12. The molecule has 0 fully saturated rings. The van der Waals surface area contributed by atoms with E-state index in [0.717, 1.165) is 5.69 Å². The van der Waals surface area contributed by atoms with Crippen molar-refractivity contribution in [2.45, 2.75) is 13.2 Å². The summed E-state index contributed by atoms with van der Waals surface area (Å²) in [5, 5.41) is 2.60. The highest BCUT2D eigenvalue weighted by Crippen LogP contribution is 2.42. The molecular weight excluding hydrogens is 320 g/mol. The molecule has 1 N–H and O–H groups in total. The predicted molar refractivity (Wildman–Crippen MR) is 80.5 cm³/mol. The minimum absolute atomic E-state index is 0.0821. The van der Waals surface area contributed by atoms with Gasteiger partial charge in [0.1, 0.15) is 11.3 Å². The Balaban J connectivity index is 1.59. The number of hydrogen-bond donors (Lipinski definition) is 1. The molecule has 2 aromatic heterocycles. The minimum atomic E-state index is -3.69. The largest absolute Gasteiger partial charge is 0.586 e. The van der Waals surface area contributed by atoms with Crippen molar-refractivity contribution in [1.29, 1.82) is 0 Å². The zero-order chi connectivity index (χ0) is 16.9. The van der Waals surface area contributed by atoms with Gasteiger partial charge in [-0.05, 0) is 31.2 Å². The summed E-state index contributed by atoms with van der Waals surface area (Å²) in [5.74, 6) is -0.672. The summed E-state index contributed by atoms with van der Waals surface area (Å²) in [5.41, 5.74) is 2.09. The van der Waals surface area contributed by atoms with Crippen LogP contribution in [0, 0.1) is 6.92 Å². The lowest BCUT2D eigenvalue weighted by molar-refractivity contribution is -0.286. The number of carbonyl (C=O) groups excluding carboxylic acids is 1. The molecule has 1 aromatic carbocycles. The van der Waals surface area contributed by atoms with Crippen LogP contribution in [0.2, 0.25) is 0 Å². The van der Waals surface area contributed by atoms with Gasteiger partial charge >= 0.3 is 6.29 Å². The standard InChI is InChI=1S/C16H11F2N3O3/c1-9-3-2-4-14-20-11(8-21(9)14)15(22)19-10-5-6-12-13(7-10)24-16(17,18)23-12/h2-8H,1H3,(H,19,22). The molecule has 3 aromatic rings. The van der Waals surface area contributed by atoms with Crippen molar-refractivity contribution in [3.63, 3.8) is 0 Å². The van der Waals surface area contributed by atoms with Crippen LogP contribution in [-0.4, -0.2) is 21.6 Å². The average Bonchev–Trinajstić information content (AvgIpc) is 3.07. The number of ether oxygens (including phenoxy) is 2. The van der Waals surface area contributed by atoms with E-state index in [2.05, 4.69) is 19.8 Å². The number of nitrogens with zero attached hydrogens (tertiary/aromatic N) is 2. The summed E-state index contributed by atoms with van der Waals surface area (Å²) in [6.07, 6.45) is -2.08. The number of hydrogen-bond acceptors (Lipinski definition) is 4. The van der Waals surface area contributed by atoms with Crippen LogP contribution >= 0.6 is 0 Å². The number of aryl methyl sites for hydroxylation is 1. The zero-order valence-electron chi connectivity index (χ0n) is 12.4. The number of aromatic nitrogens is 2. The van der Waals surface area contributed by atoms with Crippen molar-refractivity contribution in [3.8, 4) is 11.5 Å². The van der Waals surface area contributed by atoms with Gasteiger partial charge in [-0.15, -0.1) is 8.78 Å². The molecule has 4 rings (SSSR count). The molecule has 8 heteroatoms. The third-order valence-corrected chi connectivity index (χ3v) is 3.59. The molecule has 122 valence electrons. The number of pyridine rings is 1. The molecule has 1 amide bonds. The number of fused-ring (bicyclic) bond motifs is 2. The van der Waals surface area contributed by atoms with E-state index in [1.54, 1.807) is 16.7 Å². The Morgan fingerprint density at radius 1 is 1.21 bits per heavy atom. The summed E-state index contributed by atoms with van der Waals surface area (Å²) in [7, 11) is 0. The number of benzene rings is 1. The van der Waals surface area contributed by atoms with Crippen LogP contribution in [0.3, 0.4) is 0 Å². The summed E-state index contributed by atoms with van der Waals surface area (Å²) < 4.78 is 36.5. The lowest BCUT2D eigenvalue weighted by atomic mass is 10.2. The van der Waals surface area contributed by atoms with Gasteiger partial charge < -0.3 is 19.2 Å². The maximum absolute atomic E-state index is 13.0. The Morgan fingerprint density at radius 2 is 2.00 bits per heavy atom. The molecule has 6 nitrogen and oxygen atoms in total. The smallest absolute Gasteiger partial charge is 0.395 e. The first-order valence-electron chi connectivity index (χ1n) is 7.07. The van der Waals surface area contributed by atoms with Crippen molar-refractivity contribution in [2.24, 2.45) is 0 Å². The molecule has 0 saturated heterocycles. The van der Waals surface area contributed by atoms with E-state index in [9.17, 15) is 13.6 Å². The Kier molecular flexibility index (Phi) is 2.96. The second-order valence-electron chi connectivity index (χ2n) is 5.30. The molecule has 24 heavy (non-hydrogen) atoms. The number of halogens is 2. The van der Waals surface area contributed by atoms with Gasteiger partial charge in [0.2, 0.25) is 0 Å². The Morgan fingerprint density at radius 3 is 2.79 bits per heavy atom. The van der Waals surface area contributed by atoms with E-state index in [0.29, 0.717) is 11.3 Å². The second-order valence-corrected chi connectivity index (χ2v) is 5.30. The lowest BCUT2D eigenvalue weighted by Crippen LogP contribution is -2.25. The molecular formula is C16H11F2N3O3. The zero-order valence-corrected chi connectivity index (χ0v) is 12.4. The number of rotatable bonds is 2. The molecule has 1 aliphatic rings. The van der Waals surface area contributed by atoms with Gasteiger partial charge in [0, 0.05) is 23.6 Å². The molecule has 1 aliphatic heterocycles. The monoisotopic (exact) mass is 331 g/mol. The van der Waals surface area contributed by atoms with Crippen molar-refractivity contribution in [3.05, 3.63) is 54.0 Å². The fraction of sp³-hybridized carbons (Fsp3) is 0.125. The molecule has 0 aliphatic carbocycles. The van der Waals surface area contributed by atoms with Gasteiger partial charge in [-0.1, -0.05) is 6.07 Å². The molecule has 3 heterocycles. The summed E-state index contributed by atoms with van der Waals surface area (Å²) in [6, 6.07) is 9.55. The highest BCUT2D eigenvalue weighted by molar-refractivity contribution is 6.03. The number of nitrogens with one attached hydrogen (secondary N) is 1. The third kappa shape index (κ3) is 2.41. The Labute approximate surface area is 134 Å². The van der Waals surface area contributed by atoms with Gasteiger partial charge in [-0.3, -0.25) is 4.79 Å². The van der Waals surface area contributed by atoms with Crippen molar-refractivity contribution in [1.82, 2.24) is 9.38 Å². The highest BCUT2D eigenvalue weighted by Gasteiger charge is 2.43. The van der Waals surface area contributed by atoms with E-state index in [1.165, 1.54) is 18.2 Å². The Bertz CT molecular complexity index is 968.